The molecule has 0 unspecified atom stereocenters. The van der Waals surface area contributed by atoms with Crippen LogP contribution in [-0.4, -0.2) is 34.0 Å². The van der Waals surface area contributed by atoms with Gasteiger partial charge in [0.05, 0.1) is 45.4 Å². The normalized spacial score (nSPS) is 11.2. The number of nitrogens with one attached hydrogen (secondary N) is 1. The predicted molar refractivity (Wildman–Crippen MR) is 252 cm³/mol. The van der Waals surface area contributed by atoms with Crippen molar-refractivity contribution < 1.29 is 66.5 Å². The number of para-hydroxylation sites is 3. The Morgan fingerprint density at radius 1 is 0.552 bits per heavy atom. The first-order valence-corrected chi connectivity index (χ1v) is 23.6. The van der Waals surface area contributed by atoms with Crippen molar-refractivity contribution >= 4 is 82.2 Å². The summed E-state index contributed by atoms with van der Waals surface area (Å²) < 4.78 is 140. The summed E-state index contributed by atoms with van der Waals surface area (Å²) in [5, 5.41) is 16.7. The van der Waals surface area contributed by atoms with E-state index in [0.717, 1.165) is 62.7 Å². The van der Waals surface area contributed by atoms with Gasteiger partial charge in [-0.3, -0.25) is 4.72 Å². The van der Waals surface area contributed by atoms with Gasteiger partial charge >= 0.3 is 19.5 Å². The van der Waals surface area contributed by atoms with Gasteiger partial charge in [0.1, 0.15) is 17.2 Å². The largest absolute Gasteiger partial charge is 0.526 e. The Kier molecular flexibility index (Phi) is 19.2. The zero-order chi connectivity index (χ0) is 49.4. The van der Waals surface area contributed by atoms with Crippen LogP contribution in [0.2, 0.25) is 0 Å². The fourth-order valence-electron chi connectivity index (χ4n) is 5.15. The number of halogens is 8. The Labute approximate surface area is 398 Å². The molecule has 0 bridgehead atoms. The molecular weight excluding hydrogens is 1070 g/mol. The van der Waals surface area contributed by atoms with Crippen LogP contribution in [0.4, 0.5) is 43.4 Å². The number of alkyl halides is 6. The van der Waals surface area contributed by atoms with Crippen LogP contribution in [0, 0.1) is 3.57 Å². The molecule has 0 saturated heterocycles. The molecule has 3 heterocycles. The first kappa shape index (κ1) is 53.4. The van der Waals surface area contributed by atoms with Gasteiger partial charge in [-0.15, -0.1) is 0 Å². The lowest BCUT2D eigenvalue weighted by atomic mass is 9.88. The SMILES string of the molecule is Nc1ccccc1-c1ccco1.Nc1ccccc1I.O=S(=O)(Cl)c1cccc(C(F)(F)F)c1.O=S(=O)(Nc1ccccc1-c1ccco1)c1cccc(C(F)(F)F)c1.OB(O)c1ccco1. The minimum atomic E-state index is -4.63. The molecular formula is C44H36BClF6IN3O9S2. The van der Waals surface area contributed by atoms with E-state index in [2.05, 4.69) is 31.7 Å². The van der Waals surface area contributed by atoms with Crippen LogP contribution in [-0.2, 0) is 31.4 Å². The van der Waals surface area contributed by atoms with Crippen LogP contribution in [0.1, 0.15) is 11.1 Å². The molecule has 7 N–H and O–H groups in total. The van der Waals surface area contributed by atoms with Gasteiger partial charge in [0.2, 0.25) is 0 Å². The van der Waals surface area contributed by atoms with Crippen molar-refractivity contribution in [2.24, 2.45) is 0 Å². The van der Waals surface area contributed by atoms with E-state index in [1.54, 1.807) is 42.7 Å². The van der Waals surface area contributed by atoms with E-state index in [9.17, 15) is 43.2 Å². The summed E-state index contributed by atoms with van der Waals surface area (Å²) in [6, 6.07) is 38.8. The van der Waals surface area contributed by atoms with Crippen LogP contribution >= 0.6 is 33.3 Å². The van der Waals surface area contributed by atoms with Gasteiger partial charge in [-0.25, -0.2) is 16.8 Å². The number of sulfonamides is 1. The maximum absolute atomic E-state index is 12.8. The first-order chi connectivity index (χ1) is 31.5. The summed E-state index contributed by atoms with van der Waals surface area (Å²) in [5.41, 5.74) is 12.6. The first-order valence-electron chi connectivity index (χ1n) is 18.7. The van der Waals surface area contributed by atoms with E-state index in [-0.39, 0.29) is 11.3 Å². The summed E-state index contributed by atoms with van der Waals surface area (Å²) in [5.74, 6) is 1.25. The van der Waals surface area contributed by atoms with Gasteiger partial charge in [-0.05, 0) is 132 Å². The second-order valence-electron chi connectivity index (χ2n) is 13.1. The molecule has 5 aromatic carbocycles. The van der Waals surface area contributed by atoms with Crippen LogP contribution < -0.4 is 21.8 Å². The number of hydrogen-bond acceptors (Lipinski definition) is 11. The third-order valence-corrected chi connectivity index (χ3v) is 12.0. The Morgan fingerprint density at radius 3 is 1.45 bits per heavy atom. The lowest BCUT2D eigenvalue weighted by molar-refractivity contribution is -0.138. The molecule has 0 spiro atoms. The minimum Gasteiger partial charge on any atom is -0.473 e. The minimum absolute atomic E-state index is 0.171. The van der Waals surface area contributed by atoms with E-state index in [4.69, 9.17) is 41.0 Å². The van der Waals surface area contributed by atoms with Crippen molar-refractivity contribution in [2.75, 3.05) is 16.2 Å². The van der Waals surface area contributed by atoms with Gasteiger partial charge in [-0.1, -0.05) is 48.5 Å². The van der Waals surface area contributed by atoms with Crippen molar-refractivity contribution in [1.29, 1.82) is 0 Å². The molecule has 0 atom stereocenters. The number of anilines is 3. The highest BCUT2D eigenvalue weighted by Gasteiger charge is 2.32. The highest BCUT2D eigenvalue weighted by Crippen LogP contribution is 2.34. The Morgan fingerprint density at radius 2 is 1.01 bits per heavy atom. The number of nitrogens with two attached hydrogens (primary N) is 2. The van der Waals surface area contributed by atoms with Gasteiger partial charge in [0.15, 0.2) is 0 Å². The Bertz CT molecular complexity index is 2980. The molecule has 0 aliphatic carbocycles. The second-order valence-corrected chi connectivity index (χ2v) is 18.5. The Balaban J connectivity index is 0.000000198. The van der Waals surface area contributed by atoms with E-state index >= 15 is 0 Å². The van der Waals surface area contributed by atoms with E-state index in [1.165, 1.54) is 24.7 Å². The monoisotopic (exact) mass is 1100 g/mol. The van der Waals surface area contributed by atoms with E-state index in [0.29, 0.717) is 23.5 Å². The number of nitrogen functional groups attached to an aromatic ring is 2. The molecule has 0 fully saturated rings. The standard InChI is InChI=1S/C17H12F3NO3S.C10H9NO.C7H4ClF3O2S.C6H6IN.C4H5BO3/c18-17(19,20)12-5-3-6-13(11-12)25(22,23)21-15-8-2-1-7-14(15)16-9-4-10-24-16;11-9-5-2-1-4-8(9)10-6-3-7-12-10;8-14(12,13)6-3-1-2-5(4-6)7(9,10)11;7-5-3-1-2-4-6(5)8;6-5(7)4-2-1-3-8-4/h1-11,21H;1-7H,11H2;1-4H;1-4H,8H2;1-3,6-7H. The molecule has 0 amide bonds. The zero-order valence-electron chi connectivity index (χ0n) is 34.1. The molecule has 352 valence electrons. The molecule has 0 aliphatic rings. The van der Waals surface area contributed by atoms with E-state index < -0.39 is 59.5 Å². The molecule has 0 saturated carbocycles. The second kappa shape index (κ2) is 24.0. The van der Waals surface area contributed by atoms with Gasteiger partial charge in [0, 0.05) is 36.8 Å². The van der Waals surface area contributed by atoms with Crippen molar-refractivity contribution in [3.8, 4) is 22.6 Å². The van der Waals surface area contributed by atoms with Crippen molar-refractivity contribution in [3.63, 3.8) is 0 Å². The molecule has 0 aliphatic heterocycles. The molecule has 8 aromatic rings. The lowest BCUT2D eigenvalue weighted by Crippen LogP contribution is -2.27. The van der Waals surface area contributed by atoms with Crippen LogP contribution in [0.3, 0.4) is 0 Å². The summed E-state index contributed by atoms with van der Waals surface area (Å²) in [7, 11) is -4.91. The maximum atomic E-state index is 12.8. The average molecular weight is 1100 g/mol. The summed E-state index contributed by atoms with van der Waals surface area (Å²) in [4.78, 5) is -1.04. The number of furan rings is 3. The number of benzene rings is 5. The molecule has 8 rings (SSSR count). The van der Waals surface area contributed by atoms with Crippen LogP contribution in [0.15, 0.2) is 200 Å². The highest BCUT2D eigenvalue weighted by atomic mass is 127. The Hall–Kier alpha value is -6.18. The van der Waals surface area contributed by atoms with Gasteiger partial charge < -0.3 is 34.8 Å². The number of rotatable bonds is 7. The third-order valence-electron chi connectivity index (χ3n) is 8.32. The fourth-order valence-corrected chi connectivity index (χ4v) is 7.46. The van der Waals surface area contributed by atoms with Gasteiger partial charge in [0.25, 0.3) is 19.1 Å². The van der Waals surface area contributed by atoms with Gasteiger partial charge in [-0.2, -0.15) is 26.3 Å². The quantitative estimate of drug-likeness (QED) is 0.0333. The van der Waals surface area contributed by atoms with Crippen molar-refractivity contribution in [1.82, 2.24) is 0 Å². The molecule has 3 aromatic heterocycles. The summed E-state index contributed by atoms with van der Waals surface area (Å²) in [6.07, 6.45) is -4.74. The van der Waals surface area contributed by atoms with Crippen LogP contribution in [0.5, 0.6) is 0 Å². The predicted octanol–water partition coefficient (Wildman–Crippen LogP) is 10.8. The molecule has 67 heavy (non-hydrogen) atoms. The summed E-state index contributed by atoms with van der Waals surface area (Å²) in [6.45, 7) is 0. The highest BCUT2D eigenvalue weighted by molar-refractivity contribution is 14.1. The molecule has 23 heteroatoms. The van der Waals surface area contributed by atoms with E-state index in [1.807, 2.05) is 60.7 Å². The third kappa shape index (κ3) is 16.9. The maximum Gasteiger partial charge on any atom is 0.526 e. The summed E-state index contributed by atoms with van der Waals surface area (Å²) >= 11 is 2.20. The lowest BCUT2D eigenvalue weighted by Gasteiger charge is -2.13. The zero-order valence-corrected chi connectivity index (χ0v) is 38.6. The molecule has 0 radical (unpaired) electrons. The fraction of sp³-hybridized carbons (Fsp3) is 0.0455. The smallest absolute Gasteiger partial charge is 0.473 e. The number of hydrogen-bond donors (Lipinski definition) is 5. The molecule has 12 nitrogen and oxygen atoms in total. The van der Waals surface area contributed by atoms with Crippen molar-refractivity contribution in [2.45, 2.75) is 22.1 Å². The topological polar surface area (TPSA) is 212 Å². The average Bonchev–Trinajstić information content (AvgIpc) is 4.11. The van der Waals surface area contributed by atoms with Crippen molar-refractivity contribution in [3.05, 3.63) is 191 Å². The van der Waals surface area contributed by atoms with Crippen LogP contribution in [0.25, 0.3) is 22.6 Å².